The molecular formula is C23H30BN3O4S. The molecule has 1 saturated heterocycles. The summed E-state index contributed by atoms with van der Waals surface area (Å²) in [6.07, 6.45) is 1.57. The van der Waals surface area contributed by atoms with E-state index in [1.165, 1.54) is 17.3 Å². The zero-order chi connectivity index (χ0) is 23.4. The Morgan fingerprint density at radius 3 is 2.12 bits per heavy atom. The van der Waals surface area contributed by atoms with Crippen molar-refractivity contribution in [3.63, 3.8) is 0 Å². The maximum Gasteiger partial charge on any atom is 0.495 e. The van der Waals surface area contributed by atoms with Gasteiger partial charge in [0.2, 0.25) is 0 Å². The Morgan fingerprint density at radius 1 is 1.03 bits per heavy atom. The Labute approximate surface area is 194 Å². The molecule has 1 heterocycles. The Hall–Kier alpha value is -2.49. The number of nitrogens with zero attached hydrogens (tertiary/aromatic N) is 2. The normalized spacial score (nSPS) is 17.7. The largest absolute Gasteiger partial charge is 0.496 e. The van der Waals surface area contributed by atoms with Crippen LogP contribution < -0.4 is 20.7 Å². The van der Waals surface area contributed by atoms with Crippen LogP contribution in [0.4, 0.5) is 0 Å². The quantitative estimate of drug-likeness (QED) is 0.297. The summed E-state index contributed by atoms with van der Waals surface area (Å²) in [4.78, 5) is 0. The number of ether oxygens (including phenoxy) is 2. The Morgan fingerprint density at radius 2 is 1.59 bits per heavy atom. The van der Waals surface area contributed by atoms with Crippen LogP contribution in [0.15, 0.2) is 52.7 Å². The lowest BCUT2D eigenvalue weighted by Gasteiger charge is -2.32. The Bertz CT molecular complexity index is 955. The van der Waals surface area contributed by atoms with E-state index in [-0.39, 0.29) is 0 Å². The second kappa shape index (κ2) is 9.98. The molecule has 7 nitrogen and oxygen atoms in total. The molecule has 0 amide bonds. The molecule has 0 spiro atoms. The highest BCUT2D eigenvalue weighted by atomic mass is 32.2. The van der Waals surface area contributed by atoms with Crippen molar-refractivity contribution in [3.8, 4) is 11.5 Å². The maximum atomic E-state index is 6.16. The minimum absolute atomic E-state index is 0.372. The molecule has 0 unspecified atom stereocenters. The van der Waals surface area contributed by atoms with Gasteiger partial charge in [-0.2, -0.15) is 5.10 Å². The first-order chi connectivity index (χ1) is 15.2. The van der Waals surface area contributed by atoms with Gasteiger partial charge in [-0.15, -0.1) is 5.10 Å². The number of thioether (sulfide) groups is 1. The van der Waals surface area contributed by atoms with Gasteiger partial charge in [0.1, 0.15) is 11.5 Å². The van der Waals surface area contributed by atoms with Crippen molar-refractivity contribution in [2.75, 3.05) is 14.2 Å². The van der Waals surface area contributed by atoms with E-state index in [1.807, 2.05) is 70.2 Å². The van der Waals surface area contributed by atoms with Crippen LogP contribution in [0.5, 0.6) is 11.5 Å². The topological polar surface area (TPSA) is 87.7 Å². The fourth-order valence-corrected chi connectivity index (χ4v) is 3.72. The number of benzene rings is 2. The van der Waals surface area contributed by atoms with Gasteiger partial charge >= 0.3 is 7.12 Å². The van der Waals surface area contributed by atoms with Gasteiger partial charge in [-0.25, -0.2) is 0 Å². The molecular weight excluding hydrogens is 425 g/mol. The lowest BCUT2D eigenvalue weighted by molar-refractivity contribution is 0.00578. The lowest BCUT2D eigenvalue weighted by Crippen LogP contribution is -2.41. The van der Waals surface area contributed by atoms with Crippen LogP contribution in [0.3, 0.4) is 0 Å². The fourth-order valence-electron chi connectivity index (χ4n) is 3.11. The Kier molecular flexibility index (Phi) is 7.53. The summed E-state index contributed by atoms with van der Waals surface area (Å²) < 4.78 is 23.5. The second-order valence-corrected chi connectivity index (χ2v) is 9.38. The number of hydrogen-bond donors (Lipinski definition) is 1. The van der Waals surface area contributed by atoms with Crippen LogP contribution in [0.25, 0.3) is 0 Å². The van der Waals surface area contributed by atoms with Crippen molar-refractivity contribution in [3.05, 3.63) is 53.6 Å². The molecule has 0 bridgehead atoms. The SMILES string of the molecule is COc1cc(B2OC(C)(C)C(C)(C)O2)cc(OC)c1C=NN=C(N)SCc1ccccc1. The number of nitrogens with two attached hydrogens (primary N) is 1. The highest BCUT2D eigenvalue weighted by molar-refractivity contribution is 8.13. The third kappa shape index (κ3) is 5.46. The summed E-state index contributed by atoms with van der Waals surface area (Å²) in [5.41, 5.74) is 7.73. The van der Waals surface area contributed by atoms with Gasteiger partial charge in [-0.1, -0.05) is 42.1 Å². The van der Waals surface area contributed by atoms with Gasteiger partial charge < -0.3 is 24.5 Å². The van der Waals surface area contributed by atoms with Crippen molar-refractivity contribution in [2.24, 2.45) is 15.9 Å². The summed E-state index contributed by atoms with van der Waals surface area (Å²) in [6, 6.07) is 13.8. The van der Waals surface area contributed by atoms with Crippen LogP contribution in [0.1, 0.15) is 38.8 Å². The molecule has 32 heavy (non-hydrogen) atoms. The highest BCUT2D eigenvalue weighted by Crippen LogP contribution is 2.37. The van der Waals surface area contributed by atoms with Gasteiger partial charge in [0.25, 0.3) is 0 Å². The van der Waals surface area contributed by atoms with E-state index in [2.05, 4.69) is 10.2 Å². The van der Waals surface area contributed by atoms with E-state index in [9.17, 15) is 0 Å². The third-order valence-electron chi connectivity index (χ3n) is 5.66. The summed E-state index contributed by atoms with van der Waals surface area (Å²) in [5.74, 6) is 1.87. The molecule has 2 aromatic carbocycles. The van der Waals surface area contributed by atoms with Crippen molar-refractivity contribution in [2.45, 2.75) is 44.6 Å². The zero-order valence-electron chi connectivity index (χ0n) is 19.4. The van der Waals surface area contributed by atoms with Crippen LogP contribution in [0, 0.1) is 0 Å². The molecule has 1 fully saturated rings. The van der Waals surface area contributed by atoms with E-state index in [1.54, 1.807) is 20.4 Å². The van der Waals surface area contributed by atoms with Crippen LogP contribution in [-0.4, -0.2) is 43.9 Å². The van der Waals surface area contributed by atoms with E-state index in [4.69, 9.17) is 24.5 Å². The van der Waals surface area contributed by atoms with Gasteiger partial charge in [0, 0.05) is 5.75 Å². The lowest BCUT2D eigenvalue weighted by atomic mass is 9.78. The fraction of sp³-hybridized carbons (Fsp3) is 0.391. The summed E-state index contributed by atoms with van der Waals surface area (Å²) in [5, 5.41) is 8.60. The molecule has 1 aliphatic rings. The molecule has 1 aliphatic heterocycles. The van der Waals surface area contributed by atoms with E-state index >= 15 is 0 Å². The smallest absolute Gasteiger partial charge is 0.495 e. The molecule has 9 heteroatoms. The van der Waals surface area contributed by atoms with Gasteiger partial charge in [-0.05, 0) is 50.9 Å². The first-order valence-corrected chi connectivity index (χ1v) is 11.3. The molecule has 2 aromatic rings. The first kappa shape index (κ1) is 24.2. The van der Waals surface area contributed by atoms with E-state index < -0.39 is 18.3 Å². The van der Waals surface area contributed by atoms with Crippen molar-refractivity contribution >= 4 is 35.7 Å². The van der Waals surface area contributed by atoms with Gasteiger partial charge in [0.15, 0.2) is 5.17 Å². The number of amidine groups is 1. The molecule has 0 radical (unpaired) electrons. The van der Waals surface area contributed by atoms with E-state index in [0.717, 1.165) is 11.2 Å². The monoisotopic (exact) mass is 455 g/mol. The molecule has 0 atom stereocenters. The molecule has 3 rings (SSSR count). The van der Waals surface area contributed by atoms with Crippen LogP contribution >= 0.6 is 11.8 Å². The summed E-state index contributed by atoms with van der Waals surface area (Å²) in [6.45, 7) is 8.06. The van der Waals surface area contributed by atoms with Crippen molar-refractivity contribution < 1.29 is 18.8 Å². The minimum Gasteiger partial charge on any atom is -0.496 e. The van der Waals surface area contributed by atoms with Crippen molar-refractivity contribution in [1.82, 2.24) is 0 Å². The predicted molar refractivity (Wildman–Crippen MR) is 132 cm³/mol. The molecule has 170 valence electrons. The summed E-state index contributed by atoms with van der Waals surface area (Å²) in [7, 11) is 2.65. The van der Waals surface area contributed by atoms with Crippen LogP contribution in [0.2, 0.25) is 0 Å². The Balaban J connectivity index is 1.78. The number of rotatable bonds is 7. The molecule has 2 N–H and O–H groups in total. The second-order valence-electron chi connectivity index (χ2n) is 8.38. The molecule has 0 aromatic heterocycles. The van der Waals surface area contributed by atoms with Crippen molar-refractivity contribution in [1.29, 1.82) is 0 Å². The minimum atomic E-state index is -0.531. The average Bonchev–Trinajstić information content (AvgIpc) is 2.99. The summed E-state index contributed by atoms with van der Waals surface area (Å²) >= 11 is 1.42. The van der Waals surface area contributed by atoms with Gasteiger partial charge in [0.05, 0.1) is 37.2 Å². The predicted octanol–water partition coefficient (Wildman–Crippen LogP) is 3.59. The third-order valence-corrected chi connectivity index (χ3v) is 6.52. The standard InChI is InChI=1S/C23H30BN3O4S/c1-22(2)23(3,4)31-24(30-22)17-12-19(28-5)18(20(13-17)29-6)14-26-27-21(25)32-15-16-10-8-7-9-11-16/h7-14H,15H2,1-6H3,(H2,25,27). The highest BCUT2D eigenvalue weighted by Gasteiger charge is 2.52. The molecule has 0 saturated carbocycles. The zero-order valence-corrected chi connectivity index (χ0v) is 20.2. The number of hydrogen-bond acceptors (Lipinski definition) is 7. The first-order valence-electron chi connectivity index (χ1n) is 10.3. The average molecular weight is 455 g/mol. The molecule has 0 aliphatic carbocycles. The van der Waals surface area contributed by atoms with Crippen LogP contribution in [-0.2, 0) is 15.1 Å². The van der Waals surface area contributed by atoms with Gasteiger partial charge in [-0.3, -0.25) is 0 Å². The number of methoxy groups -OCH3 is 2. The van der Waals surface area contributed by atoms with E-state index in [0.29, 0.717) is 22.2 Å². The maximum absolute atomic E-state index is 6.16.